The normalized spacial score (nSPS) is 10.5. The Balaban J connectivity index is 1.84. The molecule has 1 aromatic carbocycles. The van der Waals surface area contributed by atoms with Gasteiger partial charge in [0, 0.05) is 0 Å². The Morgan fingerprint density at radius 3 is 2.74 bits per heavy atom. The molecule has 2 aromatic heterocycles. The molecule has 0 radical (unpaired) electrons. The quantitative estimate of drug-likeness (QED) is 0.636. The van der Waals surface area contributed by atoms with Crippen molar-refractivity contribution in [3.05, 3.63) is 42.1 Å². The third-order valence-corrected chi connectivity index (χ3v) is 2.54. The van der Waals surface area contributed by atoms with E-state index >= 15 is 0 Å². The average Bonchev–Trinajstić information content (AvgIpc) is 2.81. The van der Waals surface area contributed by atoms with Crippen molar-refractivity contribution in [1.29, 1.82) is 0 Å². The molecule has 0 aliphatic carbocycles. The number of fused-ring (bicyclic) bond motifs is 1. The molecule has 0 atom stereocenters. The number of nitrogens with two attached hydrogens (primary N) is 1. The molecule has 3 rings (SSSR count). The lowest BCUT2D eigenvalue weighted by Crippen LogP contribution is -2.15. The first-order chi connectivity index (χ1) is 9.22. The number of carbonyl (C=O) groups is 1. The van der Waals surface area contributed by atoms with Gasteiger partial charge in [-0.2, -0.15) is 0 Å². The van der Waals surface area contributed by atoms with Crippen LogP contribution < -0.4 is 11.1 Å². The summed E-state index contributed by atoms with van der Waals surface area (Å²) in [5.74, 6) is 0.233. The lowest BCUT2D eigenvalue weighted by atomic mass is 10.3. The second-order valence-electron chi connectivity index (χ2n) is 3.90. The maximum Gasteiger partial charge on any atom is 0.278 e. The molecule has 1 amide bonds. The van der Waals surface area contributed by atoms with Gasteiger partial charge in [0.1, 0.15) is 5.82 Å². The van der Waals surface area contributed by atoms with Gasteiger partial charge in [0.15, 0.2) is 5.69 Å². The van der Waals surface area contributed by atoms with Crippen LogP contribution in [0.3, 0.4) is 0 Å². The smallest absolute Gasteiger partial charge is 0.278 e. The summed E-state index contributed by atoms with van der Waals surface area (Å²) in [5.41, 5.74) is 7.21. The molecule has 0 saturated heterocycles. The topological polar surface area (TPSA) is 110 Å². The van der Waals surface area contributed by atoms with Gasteiger partial charge in [0.2, 0.25) is 5.95 Å². The first-order valence-corrected chi connectivity index (χ1v) is 5.58. The van der Waals surface area contributed by atoms with Crippen LogP contribution in [0.4, 0.5) is 11.8 Å². The van der Waals surface area contributed by atoms with Gasteiger partial charge in [0.05, 0.1) is 11.0 Å². The molecule has 0 fully saturated rings. The molecular weight excluding hydrogens is 244 g/mol. The van der Waals surface area contributed by atoms with Gasteiger partial charge in [0.25, 0.3) is 5.91 Å². The minimum absolute atomic E-state index is 0.176. The number of para-hydroxylation sites is 2. The van der Waals surface area contributed by atoms with E-state index in [1.165, 1.54) is 12.1 Å². The summed E-state index contributed by atoms with van der Waals surface area (Å²) in [6, 6.07) is 10.5. The maximum absolute atomic E-state index is 11.9. The number of benzene rings is 1. The van der Waals surface area contributed by atoms with Crippen LogP contribution in [0, 0.1) is 0 Å². The first-order valence-electron chi connectivity index (χ1n) is 5.58. The van der Waals surface area contributed by atoms with Gasteiger partial charge in [-0.25, -0.2) is 4.98 Å². The fourth-order valence-electron chi connectivity index (χ4n) is 1.65. The number of aromatic amines is 1. The summed E-state index contributed by atoms with van der Waals surface area (Å²) in [6.45, 7) is 0. The van der Waals surface area contributed by atoms with E-state index in [2.05, 4.69) is 25.5 Å². The fraction of sp³-hybridized carbons (Fsp3) is 0. The van der Waals surface area contributed by atoms with Crippen LogP contribution in [0.2, 0.25) is 0 Å². The van der Waals surface area contributed by atoms with Gasteiger partial charge >= 0.3 is 0 Å². The Kier molecular flexibility index (Phi) is 2.57. The maximum atomic E-state index is 11.9. The van der Waals surface area contributed by atoms with E-state index in [4.69, 9.17) is 5.73 Å². The van der Waals surface area contributed by atoms with Crippen molar-refractivity contribution in [1.82, 2.24) is 20.2 Å². The molecule has 2 heterocycles. The fourth-order valence-corrected chi connectivity index (χ4v) is 1.65. The van der Waals surface area contributed by atoms with Gasteiger partial charge in [-0.3, -0.25) is 10.1 Å². The number of hydrogen-bond donors (Lipinski definition) is 3. The monoisotopic (exact) mass is 254 g/mol. The highest BCUT2D eigenvalue weighted by molar-refractivity contribution is 6.02. The van der Waals surface area contributed by atoms with Crippen molar-refractivity contribution >= 4 is 28.7 Å². The van der Waals surface area contributed by atoms with Gasteiger partial charge in [-0.15, -0.1) is 10.2 Å². The number of nitrogens with one attached hydrogen (secondary N) is 2. The number of rotatable bonds is 2. The summed E-state index contributed by atoms with van der Waals surface area (Å²) < 4.78 is 0. The zero-order valence-electron chi connectivity index (χ0n) is 9.79. The minimum Gasteiger partial charge on any atom is -0.382 e. The number of H-pyrrole nitrogens is 1. The highest BCUT2D eigenvalue weighted by atomic mass is 16.2. The molecule has 94 valence electrons. The van der Waals surface area contributed by atoms with E-state index in [9.17, 15) is 4.79 Å². The minimum atomic E-state index is -0.397. The molecule has 0 spiro atoms. The predicted molar refractivity (Wildman–Crippen MR) is 70.5 cm³/mol. The lowest BCUT2D eigenvalue weighted by molar-refractivity contribution is 0.102. The standard InChI is InChI=1S/C12H10N6O/c13-10-6-5-9(17-18-10)11(19)16-12-14-7-3-1-2-4-8(7)15-12/h1-6H,(H2,13,18)(H2,14,15,16,19). The molecule has 7 nitrogen and oxygen atoms in total. The number of hydrogen-bond acceptors (Lipinski definition) is 5. The van der Waals surface area contributed by atoms with Crippen LogP contribution in [0.1, 0.15) is 10.5 Å². The van der Waals surface area contributed by atoms with Gasteiger partial charge < -0.3 is 10.7 Å². The third kappa shape index (κ3) is 2.21. The SMILES string of the molecule is Nc1ccc(C(=O)Nc2nc3ccccc3[nH]2)nn1. The molecule has 0 aliphatic heterocycles. The molecule has 4 N–H and O–H groups in total. The number of anilines is 2. The van der Waals surface area contributed by atoms with E-state index in [0.29, 0.717) is 5.95 Å². The van der Waals surface area contributed by atoms with E-state index in [1.807, 2.05) is 24.3 Å². The van der Waals surface area contributed by atoms with Gasteiger partial charge in [-0.05, 0) is 24.3 Å². The Bertz CT molecular complexity index is 700. The van der Waals surface area contributed by atoms with Crippen LogP contribution in [0.5, 0.6) is 0 Å². The Labute approximate surface area is 107 Å². The van der Waals surface area contributed by atoms with Crippen molar-refractivity contribution < 1.29 is 4.79 Å². The average molecular weight is 254 g/mol. The Hall–Kier alpha value is -2.96. The van der Waals surface area contributed by atoms with Crippen LogP contribution in [-0.2, 0) is 0 Å². The second kappa shape index (κ2) is 4.37. The zero-order valence-corrected chi connectivity index (χ0v) is 9.79. The van der Waals surface area contributed by atoms with Crippen LogP contribution in [0.25, 0.3) is 11.0 Å². The van der Waals surface area contributed by atoms with E-state index in [1.54, 1.807) is 0 Å². The number of amides is 1. The largest absolute Gasteiger partial charge is 0.382 e. The van der Waals surface area contributed by atoms with Crippen molar-refractivity contribution in [2.45, 2.75) is 0 Å². The predicted octanol–water partition coefficient (Wildman–Crippen LogP) is 1.19. The summed E-state index contributed by atoms with van der Waals surface area (Å²) >= 11 is 0. The van der Waals surface area contributed by atoms with Crippen LogP contribution in [-0.4, -0.2) is 26.1 Å². The summed E-state index contributed by atoms with van der Waals surface area (Å²) in [5, 5.41) is 9.94. The number of imidazole rings is 1. The molecule has 0 bridgehead atoms. The first kappa shape index (κ1) is 11.1. The molecular formula is C12H10N6O. The highest BCUT2D eigenvalue weighted by Crippen LogP contribution is 2.13. The summed E-state index contributed by atoms with van der Waals surface area (Å²) in [4.78, 5) is 19.1. The lowest BCUT2D eigenvalue weighted by Gasteiger charge is -2.00. The molecule has 0 aliphatic rings. The second-order valence-corrected chi connectivity index (χ2v) is 3.90. The van der Waals surface area contributed by atoms with Crippen molar-refractivity contribution in [3.8, 4) is 0 Å². The summed E-state index contributed by atoms with van der Waals surface area (Å²) in [6.07, 6.45) is 0. The van der Waals surface area contributed by atoms with Crippen LogP contribution in [0.15, 0.2) is 36.4 Å². The Morgan fingerprint density at radius 1 is 1.16 bits per heavy atom. The third-order valence-electron chi connectivity index (χ3n) is 2.54. The van der Waals surface area contributed by atoms with E-state index < -0.39 is 5.91 Å². The highest BCUT2D eigenvalue weighted by Gasteiger charge is 2.10. The molecule has 0 saturated carbocycles. The van der Waals surface area contributed by atoms with Crippen LogP contribution >= 0.6 is 0 Å². The summed E-state index contributed by atoms with van der Waals surface area (Å²) in [7, 11) is 0. The number of nitrogen functional groups attached to an aromatic ring is 1. The molecule has 0 unspecified atom stereocenters. The van der Waals surface area contributed by atoms with Crippen molar-refractivity contribution in [3.63, 3.8) is 0 Å². The molecule has 19 heavy (non-hydrogen) atoms. The van der Waals surface area contributed by atoms with Crippen molar-refractivity contribution in [2.75, 3.05) is 11.1 Å². The molecule has 7 heteroatoms. The van der Waals surface area contributed by atoms with E-state index in [0.717, 1.165) is 11.0 Å². The van der Waals surface area contributed by atoms with Gasteiger partial charge in [-0.1, -0.05) is 12.1 Å². The molecule has 3 aromatic rings. The van der Waals surface area contributed by atoms with E-state index in [-0.39, 0.29) is 11.5 Å². The number of carbonyl (C=O) groups excluding carboxylic acids is 1. The van der Waals surface area contributed by atoms with Crippen molar-refractivity contribution in [2.24, 2.45) is 0 Å². The number of aromatic nitrogens is 4. The Morgan fingerprint density at radius 2 is 2.00 bits per heavy atom. The zero-order chi connectivity index (χ0) is 13.2. The number of nitrogens with zero attached hydrogens (tertiary/aromatic N) is 3.